The maximum atomic E-state index is 11.3. The first-order valence-electron chi connectivity index (χ1n) is 6.98. The summed E-state index contributed by atoms with van der Waals surface area (Å²) in [6, 6.07) is 12.3. The number of nitrogens with zero attached hydrogens (tertiary/aromatic N) is 2. The molecule has 0 radical (unpaired) electrons. The van der Waals surface area contributed by atoms with Gasteiger partial charge in [-0.3, -0.25) is 0 Å². The second kappa shape index (κ2) is 6.03. The first kappa shape index (κ1) is 14.3. The Morgan fingerprint density at radius 2 is 1.95 bits per heavy atom. The van der Waals surface area contributed by atoms with Crippen LogP contribution in [0.15, 0.2) is 48.7 Å². The normalized spacial score (nSPS) is 20.9. The largest absolute Gasteiger partial charge is 0.486 e. The highest BCUT2D eigenvalue weighted by atomic mass is 16.5. The molecule has 3 rings (SSSR count). The number of para-hydroxylation sites is 1. The average molecular weight is 300 g/mol. The summed E-state index contributed by atoms with van der Waals surface area (Å²) >= 11 is 0. The number of aromatic carboxylic acids is 1. The zero-order chi connectivity index (χ0) is 15.5. The van der Waals surface area contributed by atoms with Crippen LogP contribution < -0.4 is 9.64 Å². The number of β-amino-alcohol motifs (C(OH)–C–C–N with tert-alkyl or cyclic N) is 1. The van der Waals surface area contributed by atoms with E-state index >= 15 is 0 Å². The molecule has 6 nitrogen and oxygen atoms in total. The number of hydrogen-bond acceptors (Lipinski definition) is 5. The number of pyridine rings is 1. The summed E-state index contributed by atoms with van der Waals surface area (Å²) in [6.45, 7) is 0.669. The molecule has 0 unspecified atom stereocenters. The van der Waals surface area contributed by atoms with Crippen LogP contribution in [-0.2, 0) is 0 Å². The van der Waals surface area contributed by atoms with Crippen molar-refractivity contribution in [3.05, 3.63) is 54.2 Å². The quantitative estimate of drug-likeness (QED) is 0.888. The number of ether oxygens (including phenoxy) is 1. The van der Waals surface area contributed by atoms with Gasteiger partial charge in [-0.1, -0.05) is 18.2 Å². The van der Waals surface area contributed by atoms with Gasteiger partial charge in [0.25, 0.3) is 0 Å². The molecule has 1 saturated heterocycles. The van der Waals surface area contributed by atoms with Gasteiger partial charge in [0.15, 0.2) is 0 Å². The monoisotopic (exact) mass is 300 g/mol. The minimum atomic E-state index is -1.04. The van der Waals surface area contributed by atoms with E-state index in [1.165, 1.54) is 6.07 Å². The van der Waals surface area contributed by atoms with Gasteiger partial charge in [0, 0.05) is 12.7 Å². The van der Waals surface area contributed by atoms with E-state index in [9.17, 15) is 15.0 Å². The predicted octanol–water partition coefficient (Wildman–Crippen LogP) is 1.41. The molecule has 1 aromatic heterocycles. The number of benzene rings is 1. The third kappa shape index (κ3) is 2.87. The number of carboxylic acid groups (broad SMARTS) is 1. The number of aliphatic hydroxyl groups excluding tert-OH is 1. The van der Waals surface area contributed by atoms with Crippen molar-refractivity contribution in [1.29, 1.82) is 0 Å². The summed E-state index contributed by atoms with van der Waals surface area (Å²) in [7, 11) is 0. The van der Waals surface area contributed by atoms with Crippen molar-refractivity contribution in [2.24, 2.45) is 0 Å². The first-order valence-corrected chi connectivity index (χ1v) is 6.98. The van der Waals surface area contributed by atoms with E-state index in [4.69, 9.17) is 4.74 Å². The standard InChI is InChI=1S/C16H16N2O4/c19-13-9-18(15-12(16(20)21)7-4-8-17-15)10-14(13)22-11-5-2-1-3-6-11/h1-8,13-14,19H,9-10H2,(H,20,21)/t13-,14-/m1/s1. The molecule has 1 aromatic carbocycles. The summed E-state index contributed by atoms with van der Waals surface area (Å²) in [6.07, 6.45) is 0.411. The van der Waals surface area contributed by atoms with Crippen LogP contribution in [0.25, 0.3) is 0 Å². The molecular weight excluding hydrogens is 284 g/mol. The van der Waals surface area contributed by atoms with Crippen LogP contribution in [0, 0.1) is 0 Å². The number of anilines is 1. The molecule has 0 saturated carbocycles. The molecule has 0 aliphatic carbocycles. The Hall–Kier alpha value is -2.60. The summed E-state index contributed by atoms with van der Waals surface area (Å²) in [4.78, 5) is 17.1. The van der Waals surface area contributed by atoms with E-state index in [1.807, 2.05) is 30.3 Å². The van der Waals surface area contributed by atoms with Gasteiger partial charge in [-0.25, -0.2) is 9.78 Å². The zero-order valence-electron chi connectivity index (χ0n) is 11.8. The van der Waals surface area contributed by atoms with Gasteiger partial charge in [0.1, 0.15) is 29.3 Å². The van der Waals surface area contributed by atoms with Crippen LogP contribution in [0.1, 0.15) is 10.4 Å². The predicted molar refractivity (Wildman–Crippen MR) is 80.3 cm³/mol. The first-order chi connectivity index (χ1) is 10.6. The third-order valence-corrected chi connectivity index (χ3v) is 3.58. The van der Waals surface area contributed by atoms with E-state index in [2.05, 4.69) is 4.98 Å². The highest BCUT2D eigenvalue weighted by Gasteiger charge is 2.35. The lowest BCUT2D eigenvalue weighted by atomic mass is 10.2. The van der Waals surface area contributed by atoms with Crippen molar-refractivity contribution in [1.82, 2.24) is 4.98 Å². The Bertz CT molecular complexity index is 662. The fourth-order valence-corrected chi connectivity index (χ4v) is 2.54. The molecule has 2 N–H and O–H groups in total. The number of aliphatic hydroxyl groups is 1. The fraction of sp³-hybridized carbons (Fsp3) is 0.250. The smallest absolute Gasteiger partial charge is 0.339 e. The molecule has 6 heteroatoms. The van der Waals surface area contributed by atoms with Crippen molar-refractivity contribution in [2.45, 2.75) is 12.2 Å². The Balaban J connectivity index is 1.77. The van der Waals surface area contributed by atoms with Crippen LogP contribution >= 0.6 is 0 Å². The summed E-state index contributed by atoms with van der Waals surface area (Å²) in [5, 5.41) is 19.4. The minimum absolute atomic E-state index is 0.120. The van der Waals surface area contributed by atoms with Gasteiger partial charge in [-0.2, -0.15) is 0 Å². The number of carboxylic acids is 1. The lowest BCUT2D eigenvalue weighted by Crippen LogP contribution is -2.30. The van der Waals surface area contributed by atoms with Crippen LogP contribution in [0.2, 0.25) is 0 Å². The third-order valence-electron chi connectivity index (χ3n) is 3.58. The Labute approximate surface area is 127 Å². The van der Waals surface area contributed by atoms with Gasteiger partial charge in [-0.15, -0.1) is 0 Å². The van der Waals surface area contributed by atoms with E-state index in [0.29, 0.717) is 18.1 Å². The molecular formula is C16H16N2O4. The Morgan fingerprint density at radius 1 is 1.18 bits per heavy atom. The van der Waals surface area contributed by atoms with E-state index in [-0.39, 0.29) is 12.1 Å². The van der Waals surface area contributed by atoms with Crippen LogP contribution in [0.3, 0.4) is 0 Å². The molecule has 2 atom stereocenters. The van der Waals surface area contributed by atoms with Crippen molar-refractivity contribution < 1.29 is 19.7 Å². The number of rotatable bonds is 4. The molecule has 0 bridgehead atoms. The molecule has 2 heterocycles. The molecule has 0 amide bonds. The summed E-state index contributed by atoms with van der Waals surface area (Å²) in [5.41, 5.74) is 0.120. The Kier molecular flexibility index (Phi) is 3.93. The molecule has 1 fully saturated rings. The second-order valence-corrected chi connectivity index (χ2v) is 5.12. The van der Waals surface area contributed by atoms with Crippen molar-refractivity contribution >= 4 is 11.8 Å². The maximum absolute atomic E-state index is 11.3. The molecule has 1 aliphatic heterocycles. The SMILES string of the molecule is O=C(O)c1cccnc1N1C[C@@H](O)[C@H](Oc2ccccc2)C1. The van der Waals surface area contributed by atoms with Crippen molar-refractivity contribution in [3.8, 4) is 5.75 Å². The average Bonchev–Trinajstić information content (AvgIpc) is 2.89. The minimum Gasteiger partial charge on any atom is -0.486 e. The van der Waals surface area contributed by atoms with Gasteiger partial charge in [0.05, 0.1) is 6.54 Å². The van der Waals surface area contributed by atoms with Gasteiger partial charge < -0.3 is 19.8 Å². The molecule has 22 heavy (non-hydrogen) atoms. The summed E-state index contributed by atoms with van der Waals surface area (Å²) in [5.74, 6) is -0.00823. The number of hydrogen-bond donors (Lipinski definition) is 2. The Morgan fingerprint density at radius 3 is 2.68 bits per heavy atom. The second-order valence-electron chi connectivity index (χ2n) is 5.12. The number of aromatic nitrogens is 1. The zero-order valence-corrected chi connectivity index (χ0v) is 11.8. The maximum Gasteiger partial charge on any atom is 0.339 e. The number of carbonyl (C=O) groups is 1. The molecule has 1 aliphatic rings. The van der Waals surface area contributed by atoms with Crippen LogP contribution in [0.5, 0.6) is 5.75 Å². The fourth-order valence-electron chi connectivity index (χ4n) is 2.54. The van der Waals surface area contributed by atoms with E-state index < -0.39 is 18.2 Å². The molecule has 2 aromatic rings. The van der Waals surface area contributed by atoms with E-state index in [0.717, 1.165) is 0 Å². The highest BCUT2D eigenvalue weighted by Crippen LogP contribution is 2.25. The highest BCUT2D eigenvalue weighted by molar-refractivity contribution is 5.93. The van der Waals surface area contributed by atoms with Gasteiger partial charge in [0.2, 0.25) is 0 Å². The molecule has 0 spiro atoms. The van der Waals surface area contributed by atoms with Gasteiger partial charge >= 0.3 is 5.97 Å². The van der Waals surface area contributed by atoms with Crippen LogP contribution in [-0.4, -0.2) is 46.5 Å². The van der Waals surface area contributed by atoms with E-state index in [1.54, 1.807) is 17.2 Å². The van der Waals surface area contributed by atoms with Gasteiger partial charge in [-0.05, 0) is 24.3 Å². The molecule has 114 valence electrons. The van der Waals surface area contributed by atoms with Crippen molar-refractivity contribution in [2.75, 3.05) is 18.0 Å². The van der Waals surface area contributed by atoms with Crippen molar-refractivity contribution in [3.63, 3.8) is 0 Å². The lowest BCUT2D eigenvalue weighted by Gasteiger charge is -2.19. The van der Waals surface area contributed by atoms with Crippen LogP contribution in [0.4, 0.5) is 5.82 Å². The topological polar surface area (TPSA) is 82.9 Å². The lowest BCUT2D eigenvalue weighted by molar-refractivity contribution is 0.0697. The summed E-state index contributed by atoms with van der Waals surface area (Å²) < 4.78 is 5.77.